The van der Waals surface area contributed by atoms with Gasteiger partial charge in [0, 0.05) is 0 Å². The summed E-state index contributed by atoms with van der Waals surface area (Å²) in [5.74, 6) is 0.653. The number of hydrogen-bond acceptors (Lipinski definition) is 3. The SMILES string of the molecule is CCOc1ccccc1OC(C)C(N)=O. The average molecular weight is 209 g/mol. The Morgan fingerprint density at radius 2 is 2.00 bits per heavy atom. The zero-order valence-corrected chi connectivity index (χ0v) is 8.90. The van der Waals surface area contributed by atoms with Crippen molar-refractivity contribution in [3.8, 4) is 11.5 Å². The van der Waals surface area contributed by atoms with Crippen LogP contribution in [0.1, 0.15) is 13.8 Å². The molecule has 4 nitrogen and oxygen atoms in total. The largest absolute Gasteiger partial charge is 0.490 e. The monoisotopic (exact) mass is 209 g/mol. The van der Waals surface area contributed by atoms with Crippen molar-refractivity contribution in [1.29, 1.82) is 0 Å². The van der Waals surface area contributed by atoms with Crippen molar-refractivity contribution < 1.29 is 14.3 Å². The van der Waals surface area contributed by atoms with E-state index < -0.39 is 12.0 Å². The van der Waals surface area contributed by atoms with Gasteiger partial charge in [-0.05, 0) is 26.0 Å². The first-order valence-corrected chi connectivity index (χ1v) is 4.83. The van der Waals surface area contributed by atoms with Gasteiger partial charge in [-0.25, -0.2) is 0 Å². The molecule has 1 aromatic carbocycles. The molecule has 1 rings (SSSR count). The van der Waals surface area contributed by atoms with Crippen LogP contribution in [0.4, 0.5) is 0 Å². The molecule has 0 aliphatic rings. The summed E-state index contributed by atoms with van der Waals surface area (Å²) in [4.78, 5) is 10.8. The molecule has 82 valence electrons. The van der Waals surface area contributed by atoms with Gasteiger partial charge in [0.2, 0.25) is 0 Å². The van der Waals surface area contributed by atoms with E-state index in [2.05, 4.69) is 0 Å². The Hall–Kier alpha value is -1.71. The van der Waals surface area contributed by atoms with E-state index in [4.69, 9.17) is 15.2 Å². The summed E-state index contributed by atoms with van der Waals surface area (Å²) >= 11 is 0. The minimum atomic E-state index is -0.661. The third kappa shape index (κ3) is 3.16. The van der Waals surface area contributed by atoms with Crippen LogP contribution in [0.3, 0.4) is 0 Å². The highest BCUT2D eigenvalue weighted by molar-refractivity contribution is 5.78. The lowest BCUT2D eigenvalue weighted by atomic mass is 10.3. The number of rotatable bonds is 5. The van der Waals surface area contributed by atoms with Gasteiger partial charge in [0.05, 0.1) is 6.61 Å². The summed E-state index contributed by atoms with van der Waals surface area (Å²) in [6.07, 6.45) is -0.661. The maximum absolute atomic E-state index is 10.8. The van der Waals surface area contributed by atoms with Gasteiger partial charge in [-0.3, -0.25) is 4.79 Å². The van der Waals surface area contributed by atoms with Crippen molar-refractivity contribution in [3.05, 3.63) is 24.3 Å². The number of ether oxygens (including phenoxy) is 2. The van der Waals surface area contributed by atoms with Crippen LogP contribution >= 0.6 is 0 Å². The van der Waals surface area contributed by atoms with Crippen LogP contribution in [0.25, 0.3) is 0 Å². The van der Waals surface area contributed by atoms with Crippen molar-refractivity contribution in [2.24, 2.45) is 5.73 Å². The van der Waals surface area contributed by atoms with E-state index in [-0.39, 0.29) is 0 Å². The predicted octanol–water partition coefficient (Wildman–Crippen LogP) is 1.34. The first-order valence-electron chi connectivity index (χ1n) is 4.83. The molecule has 0 bridgehead atoms. The third-order valence-corrected chi connectivity index (χ3v) is 1.85. The van der Waals surface area contributed by atoms with Gasteiger partial charge < -0.3 is 15.2 Å². The van der Waals surface area contributed by atoms with Gasteiger partial charge in [0.25, 0.3) is 5.91 Å². The Balaban J connectivity index is 2.79. The Morgan fingerprint density at radius 3 is 2.53 bits per heavy atom. The Kier molecular flexibility index (Phi) is 3.97. The maximum Gasteiger partial charge on any atom is 0.258 e. The average Bonchev–Trinajstić information content (AvgIpc) is 2.21. The Bertz CT molecular complexity index is 338. The zero-order chi connectivity index (χ0) is 11.3. The lowest BCUT2D eigenvalue weighted by Crippen LogP contribution is -2.30. The van der Waals surface area contributed by atoms with Crippen LogP contribution in [0.15, 0.2) is 24.3 Å². The number of carbonyl (C=O) groups is 1. The molecule has 0 aromatic heterocycles. The van der Waals surface area contributed by atoms with Crippen LogP contribution in [0.5, 0.6) is 11.5 Å². The summed E-state index contributed by atoms with van der Waals surface area (Å²) in [6, 6.07) is 7.18. The van der Waals surface area contributed by atoms with Crippen LogP contribution in [0.2, 0.25) is 0 Å². The third-order valence-electron chi connectivity index (χ3n) is 1.85. The molecule has 2 N–H and O–H groups in total. The molecular formula is C11H15NO3. The number of hydrogen-bond donors (Lipinski definition) is 1. The molecule has 0 aliphatic carbocycles. The van der Waals surface area contributed by atoms with Crippen molar-refractivity contribution in [3.63, 3.8) is 0 Å². The molecule has 0 saturated carbocycles. The van der Waals surface area contributed by atoms with Gasteiger partial charge in [-0.15, -0.1) is 0 Å². The highest BCUT2D eigenvalue weighted by atomic mass is 16.5. The topological polar surface area (TPSA) is 61.6 Å². The van der Waals surface area contributed by atoms with Gasteiger partial charge in [-0.1, -0.05) is 12.1 Å². The van der Waals surface area contributed by atoms with Crippen molar-refractivity contribution >= 4 is 5.91 Å². The van der Waals surface area contributed by atoms with Crippen molar-refractivity contribution in [2.75, 3.05) is 6.61 Å². The van der Waals surface area contributed by atoms with Crippen LogP contribution in [-0.2, 0) is 4.79 Å². The van der Waals surface area contributed by atoms with Crippen molar-refractivity contribution in [1.82, 2.24) is 0 Å². The summed E-state index contributed by atoms with van der Waals surface area (Å²) in [5, 5.41) is 0. The Labute approximate surface area is 89.0 Å². The standard InChI is InChI=1S/C11H15NO3/c1-3-14-9-6-4-5-7-10(9)15-8(2)11(12)13/h4-8H,3H2,1-2H3,(H2,12,13). The van der Waals surface area contributed by atoms with Gasteiger partial charge >= 0.3 is 0 Å². The lowest BCUT2D eigenvalue weighted by molar-refractivity contribution is -0.124. The lowest BCUT2D eigenvalue weighted by Gasteiger charge is -2.14. The van der Waals surface area contributed by atoms with E-state index in [1.807, 2.05) is 19.1 Å². The number of primary amides is 1. The number of carbonyl (C=O) groups excluding carboxylic acids is 1. The van der Waals surface area contributed by atoms with Crippen LogP contribution < -0.4 is 15.2 Å². The summed E-state index contributed by atoms with van der Waals surface area (Å²) in [5.41, 5.74) is 5.10. The van der Waals surface area contributed by atoms with Crippen LogP contribution in [-0.4, -0.2) is 18.6 Å². The Morgan fingerprint density at radius 1 is 1.40 bits per heavy atom. The molecule has 1 unspecified atom stereocenters. The number of amides is 1. The molecular weight excluding hydrogens is 194 g/mol. The normalized spacial score (nSPS) is 11.9. The van der Waals surface area contributed by atoms with Gasteiger partial charge in [0.15, 0.2) is 17.6 Å². The van der Waals surface area contributed by atoms with E-state index in [1.54, 1.807) is 19.1 Å². The number of para-hydroxylation sites is 2. The smallest absolute Gasteiger partial charge is 0.258 e. The quantitative estimate of drug-likeness (QED) is 0.796. The van der Waals surface area contributed by atoms with Crippen LogP contribution in [0, 0.1) is 0 Å². The van der Waals surface area contributed by atoms with E-state index in [9.17, 15) is 4.79 Å². The molecule has 1 aromatic rings. The fourth-order valence-corrected chi connectivity index (χ4v) is 1.07. The highest BCUT2D eigenvalue weighted by Crippen LogP contribution is 2.27. The van der Waals surface area contributed by atoms with E-state index in [0.717, 1.165) is 0 Å². The second-order valence-electron chi connectivity index (χ2n) is 3.04. The van der Waals surface area contributed by atoms with E-state index >= 15 is 0 Å². The molecule has 0 fully saturated rings. The first-order chi connectivity index (χ1) is 7.15. The molecule has 0 radical (unpaired) electrons. The van der Waals surface area contributed by atoms with Gasteiger partial charge in [0.1, 0.15) is 0 Å². The molecule has 0 heterocycles. The zero-order valence-electron chi connectivity index (χ0n) is 8.90. The highest BCUT2D eigenvalue weighted by Gasteiger charge is 2.12. The molecule has 0 saturated heterocycles. The molecule has 0 aliphatic heterocycles. The predicted molar refractivity (Wildman–Crippen MR) is 56.9 cm³/mol. The molecule has 15 heavy (non-hydrogen) atoms. The summed E-state index contributed by atoms with van der Waals surface area (Å²) in [6.45, 7) is 4.03. The van der Waals surface area contributed by atoms with E-state index in [1.165, 1.54) is 0 Å². The second-order valence-corrected chi connectivity index (χ2v) is 3.04. The molecule has 1 atom stereocenters. The summed E-state index contributed by atoms with van der Waals surface area (Å²) in [7, 11) is 0. The summed E-state index contributed by atoms with van der Waals surface area (Å²) < 4.78 is 10.7. The first kappa shape index (κ1) is 11.4. The van der Waals surface area contributed by atoms with Crippen molar-refractivity contribution in [2.45, 2.75) is 20.0 Å². The number of benzene rings is 1. The molecule has 4 heteroatoms. The maximum atomic E-state index is 10.8. The minimum Gasteiger partial charge on any atom is -0.490 e. The fourth-order valence-electron chi connectivity index (χ4n) is 1.07. The second kappa shape index (κ2) is 5.24. The molecule has 0 spiro atoms. The fraction of sp³-hybridized carbons (Fsp3) is 0.364. The molecule has 1 amide bonds. The van der Waals surface area contributed by atoms with Gasteiger partial charge in [-0.2, -0.15) is 0 Å². The van der Waals surface area contributed by atoms with E-state index in [0.29, 0.717) is 18.1 Å². The number of nitrogens with two attached hydrogens (primary N) is 1. The minimum absolute atomic E-state index is 0.499.